The average Bonchev–Trinajstić information content (AvgIpc) is 2.97. The van der Waals surface area contributed by atoms with Crippen LogP contribution in [0.15, 0.2) is 42.7 Å². The van der Waals surface area contributed by atoms with Crippen molar-refractivity contribution >= 4 is 0 Å². The molecule has 3 rings (SSSR count). The first-order valence-electron chi connectivity index (χ1n) is 7.88. The zero-order chi connectivity index (χ0) is 14.7. The monoisotopic (exact) mass is 284 g/mol. The molecule has 112 valence electrons. The fourth-order valence-electron chi connectivity index (χ4n) is 3.09. The Kier molecular flexibility index (Phi) is 4.42. The van der Waals surface area contributed by atoms with Crippen LogP contribution in [0.5, 0.6) is 0 Å². The largest absolute Gasteiger partial charge is 0.371 e. The van der Waals surface area contributed by atoms with Gasteiger partial charge in [0.2, 0.25) is 0 Å². The highest BCUT2D eigenvalue weighted by molar-refractivity contribution is 5.31. The molecule has 2 unspecified atom stereocenters. The smallest absolute Gasteiger partial charge is 0.101 e. The molecule has 2 atom stereocenters. The lowest BCUT2D eigenvalue weighted by molar-refractivity contribution is 0.0306. The second kappa shape index (κ2) is 6.46. The Hall–Kier alpha value is -1.58. The molecular formula is C18H24N2O. The van der Waals surface area contributed by atoms with E-state index < -0.39 is 0 Å². The minimum atomic E-state index is 0.149. The number of hydrogen-bond acceptors (Lipinski definition) is 2. The lowest BCUT2D eigenvalue weighted by Crippen LogP contribution is -2.20. The molecule has 1 aliphatic heterocycles. The van der Waals surface area contributed by atoms with Crippen LogP contribution in [0.1, 0.15) is 48.6 Å². The molecule has 2 heterocycles. The van der Waals surface area contributed by atoms with Crippen LogP contribution in [-0.2, 0) is 17.7 Å². The molecule has 0 saturated heterocycles. The number of nitrogens with zero attached hydrogens (tertiary/aromatic N) is 1. The van der Waals surface area contributed by atoms with E-state index in [0.717, 1.165) is 32.4 Å². The van der Waals surface area contributed by atoms with Gasteiger partial charge in [0.25, 0.3) is 0 Å². The molecule has 2 aromatic rings. The van der Waals surface area contributed by atoms with Gasteiger partial charge < -0.3 is 15.0 Å². The topological polar surface area (TPSA) is 40.2 Å². The van der Waals surface area contributed by atoms with Crippen LogP contribution in [0.25, 0.3) is 0 Å². The Morgan fingerprint density at radius 1 is 1.33 bits per heavy atom. The molecule has 0 saturated carbocycles. The number of rotatable bonds is 5. The third-order valence-corrected chi connectivity index (χ3v) is 4.27. The van der Waals surface area contributed by atoms with E-state index in [2.05, 4.69) is 54.2 Å². The Labute approximate surface area is 126 Å². The van der Waals surface area contributed by atoms with Crippen LogP contribution in [0.4, 0.5) is 0 Å². The van der Waals surface area contributed by atoms with Crippen LogP contribution in [-0.4, -0.2) is 11.2 Å². The van der Waals surface area contributed by atoms with Crippen LogP contribution >= 0.6 is 0 Å². The summed E-state index contributed by atoms with van der Waals surface area (Å²) in [6.07, 6.45) is 7.60. The molecule has 2 N–H and O–H groups in total. The Morgan fingerprint density at radius 3 is 3.05 bits per heavy atom. The number of fused-ring (bicyclic) bond motifs is 1. The van der Waals surface area contributed by atoms with E-state index in [1.165, 1.54) is 16.7 Å². The highest BCUT2D eigenvalue weighted by Crippen LogP contribution is 2.28. The summed E-state index contributed by atoms with van der Waals surface area (Å²) in [6, 6.07) is 10.9. The van der Waals surface area contributed by atoms with Gasteiger partial charge in [0.1, 0.15) is 6.10 Å². The van der Waals surface area contributed by atoms with Crippen LogP contribution in [0, 0.1) is 0 Å². The molecule has 0 bridgehead atoms. The predicted molar refractivity (Wildman–Crippen MR) is 85.1 cm³/mol. The van der Waals surface area contributed by atoms with Gasteiger partial charge in [0, 0.05) is 18.4 Å². The fraction of sp³-hybridized carbons (Fsp3) is 0.444. The third kappa shape index (κ3) is 3.20. The maximum absolute atomic E-state index is 6.18. The van der Waals surface area contributed by atoms with E-state index in [1.807, 2.05) is 0 Å². The van der Waals surface area contributed by atoms with E-state index in [1.54, 1.807) is 0 Å². The van der Waals surface area contributed by atoms with Crippen molar-refractivity contribution in [1.29, 1.82) is 0 Å². The highest BCUT2D eigenvalue weighted by Gasteiger charge is 2.20. The van der Waals surface area contributed by atoms with Crippen molar-refractivity contribution in [2.24, 2.45) is 5.73 Å². The van der Waals surface area contributed by atoms with Gasteiger partial charge in [0.15, 0.2) is 0 Å². The lowest BCUT2D eigenvalue weighted by Gasteiger charge is -2.26. The van der Waals surface area contributed by atoms with Gasteiger partial charge in [-0.1, -0.05) is 37.6 Å². The summed E-state index contributed by atoms with van der Waals surface area (Å²) in [5, 5.41) is 0. The van der Waals surface area contributed by atoms with E-state index in [0.29, 0.717) is 0 Å². The molecule has 21 heavy (non-hydrogen) atoms. The zero-order valence-corrected chi connectivity index (χ0v) is 12.7. The summed E-state index contributed by atoms with van der Waals surface area (Å²) in [5.74, 6) is 0. The van der Waals surface area contributed by atoms with E-state index in [-0.39, 0.29) is 12.1 Å². The second-order valence-electron chi connectivity index (χ2n) is 5.85. The Morgan fingerprint density at radius 2 is 2.19 bits per heavy atom. The summed E-state index contributed by atoms with van der Waals surface area (Å²) in [7, 11) is 0. The molecule has 0 amide bonds. The Balaban J connectivity index is 1.73. The fourth-order valence-corrected chi connectivity index (χ4v) is 3.09. The van der Waals surface area contributed by atoms with Gasteiger partial charge in [-0.25, -0.2) is 0 Å². The number of hydrogen-bond donors (Lipinski definition) is 1. The molecule has 1 aliphatic rings. The standard InChI is InChI=1S/C18H24N2O/c1-2-5-17(19)15-8-10-20(12-15)13-18-16-7-4-3-6-14(16)9-11-21-18/h3-4,6-8,10,12,17-18H,2,5,9,11,13,19H2,1H3. The molecule has 3 heteroatoms. The molecule has 1 aromatic heterocycles. The van der Waals surface area contributed by atoms with Crippen LogP contribution < -0.4 is 5.73 Å². The van der Waals surface area contributed by atoms with Gasteiger partial charge in [0.05, 0.1) is 13.2 Å². The average molecular weight is 284 g/mol. The minimum absolute atomic E-state index is 0.149. The van der Waals surface area contributed by atoms with Crippen molar-refractivity contribution in [2.45, 2.75) is 44.9 Å². The molecule has 0 spiro atoms. The summed E-state index contributed by atoms with van der Waals surface area (Å²) < 4.78 is 8.18. The SMILES string of the molecule is CCCC(N)c1ccn(CC2OCCc3ccccc32)c1. The van der Waals surface area contributed by atoms with Gasteiger partial charge in [-0.3, -0.25) is 0 Å². The van der Waals surface area contributed by atoms with Crippen molar-refractivity contribution in [2.75, 3.05) is 6.61 Å². The summed E-state index contributed by atoms with van der Waals surface area (Å²) >= 11 is 0. The van der Waals surface area contributed by atoms with Crippen LogP contribution in [0.2, 0.25) is 0 Å². The number of benzene rings is 1. The van der Waals surface area contributed by atoms with E-state index in [4.69, 9.17) is 10.5 Å². The third-order valence-electron chi connectivity index (χ3n) is 4.27. The number of ether oxygens (including phenoxy) is 1. The van der Waals surface area contributed by atoms with Crippen molar-refractivity contribution in [3.8, 4) is 0 Å². The molecule has 0 radical (unpaired) electrons. The summed E-state index contributed by atoms with van der Waals surface area (Å²) in [5.41, 5.74) is 10.2. The first kappa shape index (κ1) is 14.4. The summed E-state index contributed by atoms with van der Waals surface area (Å²) in [6.45, 7) is 3.84. The van der Waals surface area contributed by atoms with Crippen molar-refractivity contribution in [1.82, 2.24) is 4.57 Å². The molecule has 1 aromatic carbocycles. The van der Waals surface area contributed by atoms with Crippen LogP contribution in [0.3, 0.4) is 0 Å². The van der Waals surface area contributed by atoms with E-state index in [9.17, 15) is 0 Å². The predicted octanol–water partition coefficient (Wildman–Crippen LogP) is 3.60. The van der Waals surface area contributed by atoms with E-state index >= 15 is 0 Å². The van der Waals surface area contributed by atoms with Crippen molar-refractivity contribution in [3.05, 3.63) is 59.4 Å². The molecule has 0 fully saturated rings. The summed E-state index contributed by atoms with van der Waals surface area (Å²) in [4.78, 5) is 0. The van der Waals surface area contributed by atoms with Gasteiger partial charge >= 0.3 is 0 Å². The lowest BCUT2D eigenvalue weighted by atomic mass is 9.97. The maximum Gasteiger partial charge on any atom is 0.101 e. The minimum Gasteiger partial charge on any atom is -0.371 e. The Bertz CT molecular complexity index is 590. The van der Waals surface area contributed by atoms with Gasteiger partial charge in [-0.15, -0.1) is 0 Å². The first-order valence-corrected chi connectivity index (χ1v) is 7.88. The maximum atomic E-state index is 6.18. The molecule has 0 aliphatic carbocycles. The molecule has 3 nitrogen and oxygen atoms in total. The molecular weight excluding hydrogens is 260 g/mol. The van der Waals surface area contributed by atoms with Gasteiger partial charge in [-0.2, -0.15) is 0 Å². The second-order valence-corrected chi connectivity index (χ2v) is 5.85. The van der Waals surface area contributed by atoms with Crippen molar-refractivity contribution in [3.63, 3.8) is 0 Å². The number of aromatic nitrogens is 1. The first-order chi connectivity index (χ1) is 10.3. The number of nitrogens with two attached hydrogens (primary N) is 1. The normalized spacial score (nSPS) is 19.2. The van der Waals surface area contributed by atoms with Crippen molar-refractivity contribution < 1.29 is 4.74 Å². The van der Waals surface area contributed by atoms with Gasteiger partial charge in [-0.05, 0) is 35.6 Å². The highest BCUT2D eigenvalue weighted by atomic mass is 16.5. The quantitative estimate of drug-likeness (QED) is 0.911. The zero-order valence-electron chi connectivity index (χ0n) is 12.7.